The molecule has 0 unspecified atom stereocenters. The first-order valence-electron chi connectivity index (χ1n) is 5.03. The lowest BCUT2D eigenvalue weighted by Crippen LogP contribution is -2.40. The Kier molecular flexibility index (Phi) is 4.56. The van der Waals surface area contributed by atoms with E-state index < -0.39 is 0 Å². The van der Waals surface area contributed by atoms with Crippen LogP contribution in [0.25, 0.3) is 0 Å². The monoisotopic (exact) mass is 257 g/mol. The predicted molar refractivity (Wildman–Crippen MR) is 67.9 cm³/mol. The van der Waals surface area contributed by atoms with Gasteiger partial charge in [-0.3, -0.25) is 13.9 Å². The zero-order valence-electron chi connectivity index (χ0n) is 10.3. The van der Waals surface area contributed by atoms with Crippen LogP contribution in [0.3, 0.4) is 0 Å². The van der Waals surface area contributed by atoms with Crippen molar-refractivity contribution in [2.45, 2.75) is 11.9 Å². The van der Waals surface area contributed by atoms with Gasteiger partial charge in [0.15, 0.2) is 0 Å². The van der Waals surface area contributed by atoms with E-state index in [1.165, 1.54) is 36.7 Å². The minimum Gasteiger partial charge on any atom is -0.399 e. The number of hydrogen-bond donors (Lipinski definition) is 0. The van der Waals surface area contributed by atoms with Crippen LogP contribution in [-0.4, -0.2) is 28.2 Å². The fraction of sp³-hybridized carbons (Fsp3) is 0.500. The zero-order chi connectivity index (χ0) is 13.0. The van der Waals surface area contributed by atoms with Gasteiger partial charge < -0.3 is 4.84 Å². The molecule has 7 heteroatoms. The summed E-state index contributed by atoms with van der Waals surface area (Å²) in [5, 5.41) is 4.19. The van der Waals surface area contributed by atoms with Crippen molar-refractivity contribution in [3.05, 3.63) is 26.4 Å². The Morgan fingerprint density at radius 1 is 1.35 bits per heavy atom. The molecule has 0 aromatic carbocycles. The van der Waals surface area contributed by atoms with E-state index in [9.17, 15) is 9.59 Å². The maximum atomic E-state index is 11.9. The standard InChI is InChI=1S/C10H15N3O3S/c1-5-17-9-7(6-11-16-4)8(14)12(2)10(15)13(9)3/h6H,5H2,1-4H3. The third kappa shape index (κ3) is 2.60. The molecule has 0 bridgehead atoms. The summed E-state index contributed by atoms with van der Waals surface area (Å²) in [7, 11) is 4.47. The first kappa shape index (κ1) is 13.6. The second-order valence-electron chi connectivity index (χ2n) is 3.27. The highest BCUT2D eigenvalue weighted by molar-refractivity contribution is 7.99. The zero-order valence-corrected chi connectivity index (χ0v) is 11.1. The van der Waals surface area contributed by atoms with Crippen LogP contribution in [0, 0.1) is 0 Å². The quantitative estimate of drug-likeness (QED) is 0.334. The van der Waals surface area contributed by atoms with Gasteiger partial charge in [0, 0.05) is 14.1 Å². The van der Waals surface area contributed by atoms with E-state index in [0.717, 1.165) is 10.3 Å². The van der Waals surface area contributed by atoms with E-state index >= 15 is 0 Å². The second kappa shape index (κ2) is 5.72. The molecule has 1 heterocycles. The second-order valence-corrected chi connectivity index (χ2v) is 4.53. The van der Waals surface area contributed by atoms with E-state index in [4.69, 9.17) is 0 Å². The minimum absolute atomic E-state index is 0.347. The molecule has 1 aromatic rings. The lowest BCUT2D eigenvalue weighted by Gasteiger charge is -2.11. The van der Waals surface area contributed by atoms with Gasteiger partial charge in [-0.25, -0.2) is 4.79 Å². The maximum absolute atomic E-state index is 11.9. The summed E-state index contributed by atoms with van der Waals surface area (Å²) >= 11 is 1.42. The van der Waals surface area contributed by atoms with Crippen LogP contribution in [0.2, 0.25) is 0 Å². The van der Waals surface area contributed by atoms with Gasteiger partial charge in [-0.1, -0.05) is 12.1 Å². The van der Waals surface area contributed by atoms with Crippen LogP contribution in [0.1, 0.15) is 12.5 Å². The third-order valence-corrected chi connectivity index (χ3v) is 3.27. The highest BCUT2D eigenvalue weighted by atomic mass is 32.2. The SMILES string of the molecule is CCSc1c(C=NOC)c(=O)n(C)c(=O)n1C. The largest absolute Gasteiger partial charge is 0.399 e. The van der Waals surface area contributed by atoms with Crippen molar-refractivity contribution in [1.82, 2.24) is 9.13 Å². The van der Waals surface area contributed by atoms with Crippen molar-refractivity contribution >= 4 is 18.0 Å². The Morgan fingerprint density at radius 2 is 2.00 bits per heavy atom. The van der Waals surface area contributed by atoms with E-state index in [0.29, 0.717) is 10.6 Å². The number of nitrogens with zero attached hydrogens (tertiary/aromatic N) is 3. The Morgan fingerprint density at radius 3 is 2.53 bits per heavy atom. The van der Waals surface area contributed by atoms with Crippen molar-refractivity contribution in [2.24, 2.45) is 19.3 Å². The molecule has 0 radical (unpaired) electrons. The first-order valence-corrected chi connectivity index (χ1v) is 6.02. The third-order valence-electron chi connectivity index (χ3n) is 2.21. The fourth-order valence-corrected chi connectivity index (χ4v) is 2.22. The fourth-order valence-electron chi connectivity index (χ4n) is 1.38. The topological polar surface area (TPSA) is 65.6 Å². The van der Waals surface area contributed by atoms with Gasteiger partial charge in [0.1, 0.15) is 7.11 Å². The molecular formula is C10H15N3O3S. The van der Waals surface area contributed by atoms with Crippen molar-refractivity contribution in [3.8, 4) is 0 Å². The van der Waals surface area contributed by atoms with Gasteiger partial charge in [-0.2, -0.15) is 0 Å². The Hall–Kier alpha value is -1.50. The highest BCUT2D eigenvalue weighted by Crippen LogP contribution is 2.16. The Bertz CT molecular complexity index is 545. The molecule has 0 saturated carbocycles. The lowest BCUT2D eigenvalue weighted by molar-refractivity contribution is 0.215. The molecule has 0 aliphatic carbocycles. The summed E-state index contributed by atoms with van der Waals surface area (Å²) in [5.74, 6) is 0.758. The molecular weight excluding hydrogens is 242 g/mol. The molecule has 0 amide bonds. The predicted octanol–water partition coefficient (Wildman–Crippen LogP) is 0.176. The molecule has 0 spiro atoms. The van der Waals surface area contributed by atoms with Crippen LogP contribution in [0.4, 0.5) is 0 Å². The molecule has 0 atom stereocenters. The molecule has 0 aliphatic rings. The van der Waals surface area contributed by atoms with Crippen LogP contribution < -0.4 is 11.2 Å². The number of thioether (sulfide) groups is 1. The van der Waals surface area contributed by atoms with E-state index in [-0.39, 0.29) is 11.2 Å². The summed E-state index contributed by atoms with van der Waals surface area (Å²) in [6.07, 6.45) is 1.33. The minimum atomic E-state index is -0.371. The van der Waals surface area contributed by atoms with Crippen molar-refractivity contribution in [3.63, 3.8) is 0 Å². The van der Waals surface area contributed by atoms with Gasteiger partial charge in [0.2, 0.25) is 0 Å². The van der Waals surface area contributed by atoms with Crippen LogP contribution in [-0.2, 0) is 18.9 Å². The average molecular weight is 257 g/mol. The van der Waals surface area contributed by atoms with Gasteiger partial charge in [0.25, 0.3) is 5.56 Å². The summed E-state index contributed by atoms with van der Waals surface area (Å²) in [6, 6.07) is 0. The molecule has 0 aliphatic heterocycles. The lowest BCUT2D eigenvalue weighted by atomic mass is 10.3. The van der Waals surface area contributed by atoms with E-state index in [1.807, 2.05) is 6.92 Å². The summed E-state index contributed by atoms with van der Waals surface area (Å²) in [6.45, 7) is 1.95. The smallest absolute Gasteiger partial charge is 0.331 e. The van der Waals surface area contributed by atoms with Crippen molar-refractivity contribution < 1.29 is 4.84 Å². The summed E-state index contributed by atoms with van der Waals surface area (Å²) < 4.78 is 2.49. The summed E-state index contributed by atoms with van der Waals surface area (Å²) in [5.41, 5.74) is -0.353. The molecule has 0 fully saturated rings. The normalized spacial score (nSPS) is 11.1. The summed E-state index contributed by atoms with van der Waals surface area (Å²) in [4.78, 5) is 28.2. The Labute approximate surface area is 103 Å². The first-order chi connectivity index (χ1) is 8.04. The van der Waals surface area contributed by atoms with Gasteiger partial charge in [-0.05, 0) is 5.75 Å². The molecule has 0 N–H and O–H groups in total. The van der Waals surface area contributed by atoms with Crippen molar-refractivity contribution in [2.75, 3.05) is 12.9 Å². The van der Waals surface area contributed by atoms with Crippen molar-refractivity contribution in [1.29, 1.82) is 0 Å². The molecule has 17 heavy (non-hydrogen) atoms. The van der Waals surface area contributed by atoms with Crippen LogP contribution >= 0.6 is 11.8 Å². The van der Waals surface area contributed by atoms with Gasteiger partial charge >= 0.3 is 5.69 Å². The number of hydrogen-bond acceptors (Lipinski definition) is 5. The maximum Gasteiger partial charge on any atom is 0.331 e. The molecule has 94 valence electrons. The molecule has 6 nitrogen and oxygen atoms in total. The van der Waals surface area contributed by atoms with Crippen LogP contribution in [0.15, 0.2) is 19.8 Å². The number of oxime groups is 1. The average Bonchev–Trinajstić information content (AvgIpc) is 2.33. The Balaban J connectivity index is 3.59. The van der Waals surface area contributed by atoms with Gasteiger partial charge in [-0.15, -0.1) is 11.8 Å². The molecule has 1 aromatic heterocycles. The van der Waals surface area contributed by atoms with E-state index in [2.05, 4.69) is 9.99 Å². The van der Waals surface area contributed by atoms with E-state index in [1.54, 1.807) is 7.05 Å². The molecule has 0 saturated heterocycles. The number of rotatable bonds is 4. The molecule has 1 rings (SSSR count). The number of aromatic nitrogens is 2. The van der Waals surface area contributed by atoms with Gasteiger partial charge in [0.05, 0.1) is 16.8 Å². The highest BCUT2D eigenvalue weighted by Gasteiger charge is 2.13. The van der Waals surface area contributed by atoms with Crippen LogP contribution in [0.5, 0.6) is 0 Å².